The minimum atomic E-state index is -0.239. The van der Waals surface area contributed by atoms with Crippen molar-refractivity contribution in [2.75, 3.05) is 12.9 Å². The van der Waals surface area contributed by atoms with Gasteiger partial charge in [0, 0.05) is 11.4 Å². The zero-order chi connectivity index (χ0) is 21.4. The zero-order valence-corrected chi connectivity index (χ0v) is 19.6. The number of nitrogens with one attached hydrogen (secondary N) is 1. The first-order valence-electron chi connectivity index (χ1n) is 9.13. The summed E-state index contributed by atoms with van der Waals surface area (Å²) >= 11 is 4.78. The second-order valence-corrected chi connectivity index (χ2v) is 8.18. The van der Waals surface area contributed by atoms with Crippen molar-refractivity contribution in [3.63, 3.8) is 0 Å². The molecule has 0 saturated carbocycles. The van der Waals surface area contributed by atoms with Crippen molar-refractivity contribution < 1.29 is 14.3 Å². The molecule has 1 heterocycles. The lowest BCUT2D eigenvalue weighted by atomic mass is 10.2. The summed E-state index contributed by atoms with van der Waals surface area (Å²) in [6.07, 6.45) is 2.50. The van der Waals surface area contributed by atoms with Crippen molar-refractivity contribution >= 4 is 39.8 Å². The summed E-state index contributed by atoms with van der Waals surface area (Å²) in [5.41, 5.74) is 5.02. The Bertz CT molecular complexity index is 872. The Morgan fingerprint density at radius 1 is 1.31 bits per heavy atom. The van der Waals surface area contributed by atoms with Gasteiger partial charge in [0.15, 0.2) is 16.7 Å². The number of rotatable bonds is 9. The van der Waals surface area contributed by atoms with Gasteiger partial charge in [-0.15, -0.1) is 0 Å². The Kier molecular flexibility index (Phi) is 8.91. The molecular formula is C20H25BrN4O3S. The maximum absolute atomic E-state index is 12.0. The molecule has 0 saturated heterocycles. The molecule has 0 aliphatic carbocycles. The predicted molar refractivity (Wildman–Crippen MR) is 119 cm³/mol. The third-order valence-electron chi connectivity index (χ3n) is 3.84. The topological polar surface area (TPSA) is 85.7 Å². The summed E-state index contributed by atoms with van der Waals surface area (Å²) in [5, 5.41) is 4.59. The van der Waals surface area contributed by atoms with Crippen LogP contribution in [0.3, 0.4) is 0 Å². The van der Waals surface area contributed by atoms with Crippen LogP contribution in [0.1, 0.15) is 37.2 Å². The quantitative estimate of drug-likeness (QED) is 0.249. The highest BCUT2D eigenvalue weighted by Crippen LogP contribution is 2.37. The molecule has 9 heteroatoms. The summed E-state index contributed by atoms with van der Waals surface area (Å²) in [5.74, 6) is 1.18. The third kappa shape index (κ3) is 7.32. The number of amides is 1. The Morgan fingerprint density at radius 3 is 2.62 bits per heavy atom. The molecule has 0 fully saturated rings. The number of benzene rings is 1. The van der Waals surface area contributed by atoms with E-state index in [1.54, 1.807) is 19.4 Å². The predicted octanol–water partition coefficient (Wildman–Crippen LogP) is 4.28. The number of halogens is 1. The zero-order valence-electron chi connectivity index (χ0n) is 17.2. The third-order valence-corrected chi connectivity index (χ3v) is 5.28. The van der Waals surface area contributed by atoms with Gasteiger partial charge >= 0.3 is 0 Å². The number of carbonyl (C=O) groups is 1. The first-order chi connectivity index (χ1) is 13.8. The number of methoxy groups -OCH3 is 1. The number of hydrogen-bond acceptors (Lipinski definition) is 7. The van der Waals surface area contributed by atoms with Crippen LogP contribution in [0.2, 0.25) is 0 Å². The van der Waals surface area contributed by atoms with Crippen LogP contribution in [0.25, 0.3) is 0 Å². The van der Waals surface area contributed by atoms with Crippen molar-refractivity contribution in [2.24, 2.45) is 5.10 Å². The van der Waals surface area contributed by atoms with Gasteiger partial charge in [0.1, 0.15) is 0 Å². The van der Waals surface area contributed by atoms with Crippen LogP contribution in [0.5, 0.6) is 11.5 Å². The van der Waals surface area contributed by atoms with Gasteiger partial charge in [0.25, 0.3) is 5.91 Å². The average Bonchev–Trinajstić information content (AvgIpc) is 2.67. The van der Waals surface area contributed by atoms with Crippen LogP contribution in [-0.4, -0.2) is 41.1 Å². The van der Waals surface area contributed by atoms with Gasteiger partial charge in [-0.05, 0) is 66.9 Å². The number of hydrazone groups is 1. The maximum Gasteiger partial charge on any atom is 0.250 e. The highest BCUT2D eigenvalue weighted by Gasteiger charge is 2.13. The first-order valence-corrected chi connectivity index (χ1v) is 10.9. The lowest BCUT2D eigenvalue weighted by molar-refractivity contribution is -0.118. The van der Waals surface area contributed by atoms with E-state index in [9.17, 15) is 4.79 Å². The lowest BCUT2D eigenvalue weighted by Gasteiger charge is -2.17. The van der Waals surface area contributed by atoms with Gasteiger partial charge in [0.05, 0.1) is 29.7 Å². The molecule has 0 aliphatic rings. The minimum Gasteiger partial charge on any atom is -0.493 e. The van der Waals surface area contributed by atoms with Crippen molar-refractivity contribution in [3.05, 3.63) is 39.6 Å². The number of carbonyl (C=O) groups excluding carboxylic acids is 1. The molecule has 0 unspecified atom stereocenters. The van der Waals surface area contributed by atoms with Crippen LogP contribution >= 0.6 is 27.7 Å². The average molecular weight is 481 g/mol. The summed E-state index contributed by atoms with van der Waals surface area (Å²) < 4.78 is 12.1. The molecule has 1 amide bonds. The Hall–Kier alpha value is -2.13. The van der Waals surface area contributed by atoms with Crippen LogP contribution in [0.15, 0.2) is 32.9 Å². The Balaban J connectivity index is 1.96. The molecule has 0 radical (unpaired) electrons. The molecule has 1 aromatic carbocycles. The first kappa shape index (κ1) is 23.2. The molecular weight excluding hydrogens is 456 g/mol. The summed E-state index contributed by atoms with van der Waals surface area (Å²) in [6, 6.07) is 5.55. The van der Waals surface area contributed by atoms with E-state index in [0.29, 0.717) is 16.7 Å². The maximum atomic E-state index is 12.0. The molecule has 1 atom stereocenters. The van der Waals surface area contributed by atoms with E-state index in [4.69, 9.17) is 9.47 Å². The lowest BCUT2D eigenvalue weighted by Crippen LogP contribution is -2.19. The van der Waals surface area contributed by atoms with Gasteiger partial charge in [-0.25, -0.2) is 15.4 Å². The molecule has 0 aliphatic heterocycles. The minimum absolute atomic E-state index is 0.0673. The fourth-order valence-electron chi connectivity index (χ4n) is 2.31. The fourth-order valence-corrected chi connectivity index (χ4v) is 3.61. The van der Waals surface area contributed by atoms with Crippen LogP contribution in [0.4, 0.5) is 0 Å². The molecule has 7 nitrogen and oxygen atoms in total. The SMILES string of the molecule is CC[C@@H](C)Oc1c(Br)cc(/C=N\NC(=O)CSc2nc(C)cc(C)n2)cc1OC. The molecule has 29 heavy (non-hydrogen) atoms. The molecule has 2 aromatic rings. The standard InChI is InChI=1S/C20H25BrN4O3S/c1-6-14(4)28-19-16(21)8-15(9-17(19)27-5)10-22-25-18(26)11-29-20-23-12(2)7-13(3)24-20/h7-10,14H,6,11H2,1-5H3,(H,25,26)/b22-10-/t14-/m1/s1. The van der Waals surface area contributed by atoms with Crippen LogP contribution in [-0.2, 0) is 4.79 Å². The molecule has 2 rings (SSSR count). The Labute approximate surface area is 183 Å². The number of aryl methyl sites for hydroxylation is 2. The molecule has 156 valence electrons. The van der Waals surface area contributed by atoms with Gasteiger partial charge < -0.3 is 9.47 Å². The van der Waals surface area contributed by atoms with Gasteiger partial charge in [-0.1, -0.05) is 18.7 Å². The van der Waals surface area contributed by atoms with Crippen molar-refractivity contribution in [1.82, 2.24) is 15.4 Å². The van der Waals surface area contributed by atoms with Gasteiger partial charge in [-0.2, -0.15) is 5.10 Å². The molecule has 0 bridgehead atoms. The summed E-state index contributed by atoms with van der Waals surface area (Å²) in [7, 11) is 1.58. The van der Waals surface area contributed by atoms with E-state index in [-0.39, 0.29) is 17.8 Å². The summed E-state index contributed by atoms with van der Waals surface area (Å²) in [4.78, 5) is 20.6. The van der Waals surface area contributed by atoms with E-state index in [0.717, 1.165) is 27.8 Å². The van der Waals surface area contributed by atoms with E-state index < -0.39 is 0 Å². The fraction of sp³-hybridized carbons (Fsp3) is 0.400. The molecule has 1 N–H and O–H groups in total. The van der Waals surface area contributed by atoms with Crippen molar-refractivity contribution in [3.8, 4) is 11.5 Å². The van der Waals surface area contributed by atoms with Gasteiger partial charge in [0.2, 0.25) is 0 Å². The number of thioether (sulfide) groups is 1. The highest BCUT2D eigenvalue weighted by molar-refractivity contribution is 9.10. The largest absolute Gasteiger partial charge is 0.493 e. The van der Waals surface area contributed by atoms with E-state index in [2.05, 4.69) is 43.3 Å². The number of hydrogen-bond donors (Lipinski definition) is 1. The number of aromatic nitrogens is 2. The van der Waals surface area contributed by atoms with Crippen molar-refractivity contribution in [1.29, 1.82) is 0 Å². The second kappa shape index (κ2) is 11.2. The molecule has 1 aromatic heterocycles. The highest BCUT2D eigenvalue weighted by atomic mass is 79.9. The van der Waals surface area contributed by atoms with Crippen LogP contribution < -0.4 is 14.9 Å². The van der Waals surface area contributed by atoms with Gasteiger partial charge in [-0.3, -0.25) is 4.79 Å². The van der Waals surface area contributed by atoms with E-state index in [1.165, 1.54) is 11.8 Å². The number of nitrogens with zero attached hydrogens (tertiary/aromatic N) is 3. The summed E-state index contributed by atoms with van der Waals surface area (Å²) in [6.45, 7) is 7.85. The van der Waals surface area contributed by atoms with Crippen LogP contribution in [0, 0.1) is 13.8 Å². The smallest absolute Gasteiger partial charge is 0.250 e. The number of ether oxygens (including phenoxy) is 2. The van der Waals surface area contributed by atoms with E-state index >= 15 is 0 Å². The van der Waals surface area contributed by atoms with E-state index in [1.807, 2.05) is 32.9 Å². The second-order valence-electron chi connectivity index (χ2n) is 6.39. The van der Waals surface area contributed by atoms with Crippen molar-refractivity contribution in [2.45, 2.75) is 45.4 Å². The normalized spacial score (nSPS) is 12.1. The molecule has 0 spiro atoms. The monoisotopic (exact) mass is 480 g/mol. The Morgan fingerprint density at radius 2 is 2.00 bits per heavy atom.